The van der Waals surface area contributed by atoms with Gasteiger partial charge in [0.05, 0.1) is 17.3 Å². The van der Waals surface area contributed by atoms with Crippen molar-refractivity contribution >= 4 is 57.1 Å². The molecule has 9 heteroatoms. The van der Waals surface area contributed by atoms with Gasteiger partial charge in [-0.1, -0.05) is 45.7 Å². The Bertz CT molecular complexity index is 1400. The molecule has 4 amide bonds. The van der Waals surface area contributed by atoms with Crippen molar-refractivity contribution in [1.82, 2.24) is 5.32 Å². The Morgan fingerprint density at radius 2 is 1.65 bits per heavy atom. The van der Waals surface area contributed by atoms with Crippen molar-refractivity contribution in [1.29, 1.82) is 0 Å². The Balaban J connectivity index is 1.67. The maximum absolute atomic E-state index is 13.3. The van der Waals surface area contributed by atoms with Gasteiger partial charge in [0.25, 0.3) is 11.8 Å². The normalized spacial score (nSPS) is 14.7. The second-order valence-electron chi connectivity index (χ2n) is 8.48. The van der Waals surface area contributed by atoms with Crippen molar-refractivity contribution in [3.8, 4) is 11.5 Å². The summed E-state index contributed by atoms with van der Waals surface area (Å²) in [6, 6.07) is 15.4. The van der Waals surface area contributed by atoms with Crippen LogP contribution in [0.25, 0.3) is 6.08 Å². The van der Waals surface area contributed by atoms with Gasteiger partial charge in [-0.3, -0.25) is 14.9 Å². The second kappa shape index (κ2) is 11.2. The summed E-state index contributed by atoms with van der Waals surface area (Å²) in [5.41, 5.74) is 3.31. The number of nitrogens with zero attached hydrogens (tertiary/aromatic N) is 1. The first-order valence-electron chi connectivity index (χ1n) is 11.5. The Kier molecular flexibility index (Phi) is 8.00. The van der Waals surface area contributed by atoms with E-state index in [2.05, 4.69) is 21.2 Å². The van der Waals surface area contributed by atoms with Gasteiger partial charge in [0.2, 0.25) is 0 Å². The van der Waals surface area contributed by atoms with E-state index in [-0.39, 0.29) is 17.2 Å². The second-order valence-corrected chi connectivity index (χ2v) is 9.80. The van der Waals surface area contributed by atoms with Crippen molar-refractivity contribution < 1.29 is 23.9 Å². The monoisotopic (exact) mass is 582 g/mol. The molecule has 1 heterocycles. The zero-order chi connectivity index (χ0) is 26.7. The highest BCUT2D eigenvalue weighted by Crippen LogP contribution is 2.38. The molecule has 3 aromatic rings. The number of hydrogen-bond acceptors (Lipinski definition) is 5. The van der Waals surface area contributed by atoms with Gasteiger partial charge < -0.3 is 9.47 Å². The van der Waals surface area contributed by atoms with Crippen LogP contribution in [0.5, 0.6) is 11.5 Å². The standard InChI is InChI=1S/C28H24BrClN2O5/c1-4-36-24-14-19(13-23(30)25(24)37-15-18-5-7-20(29)8-6-18)12-22-26(33)31-28(35)32(27(22)34)21-10-16(2)9-17(3)11-21/h5-14H,4,15H2,1-3H3,(H,31,33,35)/b22-12+. The number of ether oxygens (including phenoxy) is 2. The Morgan fingerprint density at radius 1 is 0.973 bits per heavy atom. The molecule has 0 atom stereocenters. The predicted molar refractivity (Wildman–Crippen MR) is 146 cm³/mol. The SMILES string of the molecule is CCOc1cc(/C=C2\C(=O)NC(=O)N(c3cc(C)cc(C)c3)C2=O)cc(Cl)c1OCc1ccc(Br)cc1. The summed E-state index contributed by atoms with van der Waals surface area (Å²) in [4.78, 5) is 39.5. The number of imide groups is 2. The summed E-state index contributed by atoms with van der Waals surface area (Å²) < 4.78 is 12.7. The quantitative estimate of drug-likeness (QED) is 0.258. The topological polar surface area (TPSA) is 84.9 Å². The van der Waals surface area contributed by atoms with E-state index in [9.17, 15) is 14.4 Å². The number of barbiturate groups is 1. The fourth-order valence-electron chi connectivity index (χ4n) is 3.95. The van der Waals surface area contributed by atoms with Crippen LogP contribution in [0.4, 0.5) is 10.5 Å². The molecular weight excluding hydrogens is 560 g/mol. The van der Waals surface area contributed by atoms with E-state index >= 15 is 0 Å². The lowest BCUT2D eigenvalue weighted by Gasteiger charge is -2.27. The number of anilines is 1. The number of amides is 4. The van der Waals surface area contributed by atoms with E-state index in [4.69, 9.17) is 21.1 Å². The van der Waals surface area contributed by atoms with Gasteiger partial charge >= 0.3 is 6.03 Å². The van der Waals surface area contributed by atoms with Crippen LogP contribution in [0, 0.1) is 13.8 Å². The predicted octanol–water partition coefficient (Wildman–Crippen LogP) is 6.36. The molecule has 1 saturated heterocycles. The third kappa shape index (κ3) is 6.03. The van der Waals surface area contributed by atoms with Crippen molar-refractivity contribution in [2.45, 2.75) is 27.4 Å². The van der Waals surface area contributed by atoms with Gasteiger partial charge in [-0.2, -0.15) is 0 Å². The number of halogens is 2. The first kappa shape index (κ1) is 26.4. The van der Waals surface area contributed by atoms with Crippen molar-refractivity contribution in [2.75, 3.05) is 11.5 Å². The zero-order valence-corrected chi connectivity index (χ0v) is 22.8. The van der Waals surface area contributed by atoms with Crippen LogP contribution < -0.4 is 19.7 Å². The Hall–Kier alpha value is -3.62. The number of carbonyl (C=O) groups excluding carboxylic acids is 3. The third-order valence-corrected chi connectivity index (χ3v) is 6.31. The maximum atomic E-state index is 13.3. The minimum Gasteiger partial charge on any atom is -0.490 e. The molecule has 0 aliphatic carbocycles. The van der Waals surface area contributed by atoms with E-state index in [1.54, 1.807) is 24.3 Å². The number of carbonyl (C=O) groups is 3. The summed E-state index contributed by atoms with van der Waals surface area (Å²) in [5.74, 6) is -0.811. The maximum Gasteiger partial charge on any atom is 0.335 e. The van der Waals surface area contributed by atoms with Gasteiger partial charge in [-0.15, -0.1) is 0 Å². The third-order valence-electron chi connectivity index (χ3n) is 5.51. The minimum absolute atomic E-state index is 0.208. The molecule has 1 aliphatic heterocycles. The van der Waals surface area contributed by atoms with Crippen LogP contribution in [0.3, 0.4) is 0 Å². The highest BCUT2D eigenvalue weighted by molar-refractivity contribution is 9.10. The summed E-state index contributed by atoms with van der Waals surface area (Å²) in [5, 5.41) is 2.49. The average Bonchev–Trinajstić information content (AvgIpc) is 2.82. The molecule has 0 aromatic heterocycles. The van der Waals surface area contributed by atoms with Crippen molar-refractivity contribution in [3.63, 3.8) is 0 Å². The zero-order valence-electron chi connectivity index (χ0n) is 20.4. The summed E-state index contributed by atoms with van der Waals surface area (Å²) in [6.45, 7) is 6.16. The summed E-state index contributed by atoms with van der Waals surface area (Å²) in [6.07, 6.45) is 1.38. The average molecular weight is 584 g/mol. The van der Waals surface area contributed by atoms with E-state index in [0.29, 0.717) is 29.4 Å². The van der Waals surface area contributed by atoms with E-state index in [1.165, 1.54) is 6.08 Å². The van der Waals surface area contributed by atoms with E-state index in [1.807, 2.05) is 51.1 Å². The first-order valence-corrected chi connectivity index (χ1v) is 12.7. The van der Waals surface area contributed by atoms with Gasteiger partial charge in [-0.25, -0.2) is 9.69 Å². The van der Waals surface area contributed by atoms with Crippen LogP contribution >= 0.6 is 27.5 Å². The molecule has 0 unspecified atom stereocenters. The molecule has 3 aromatic carbocycles. The molecule has 0 saturated carbocycles. The largest absolute Gasteiger partial charge is 0.490 e. The van der Waals surface area contributed by atoms with Gasteiger partial charge in [0.15, 0.2) is 11.5 Å². The molecule has 1 aliphatic rings. The lowest BCUT2D eigenvalue weighted by Crippen LogP contribution is -2.54. The van der Waals surface area contributed by atoms with Gasteiger partial charge in [0.1, 0.15) is 12.2 Å². The highest BCUT2D eigenvalue weighted by Gasteiger charge is 2.37. The molecule has 0 spiro atoms. The summed E-state index contributed by atoms with van der Waals surface area (Å²) in [7, 11) is 0. The number of benzene rings is 3. The molecule has 1 fully saturated rings. The fraction of sp³-hybridized carbons (Fsp3) is 0.179. The van der Waals surface area contributed by atoms with Gasteiger partial charge in [-0.05, 0) is 85.5 Å². The Labute approximate surface area is 228 Å². The van der Waals surface area contributed by atoms with Crippen LogP contribution in [0.15, 0.2) is 64.6 Å². The van der Waals surface area contributed by atoms with E-state index < -0.39 is 17.8 Å². The number of rotatable bonds is 7. The Morgan fingerprint density at radius 3 is 2.30 bits per heavy atom. The summed E-state index contributed by atoms with van der Waals surface area (Å²) >= 11 is 9.95. The van der Waals surface area contributed by atoms with Crippen LogP contribution in [0.1, 0.15) is 29.2 Å². The molecular formula is C28H24BrClN2O5. The van der Waals surface area contributed by atoms with Crippen molar-refractivity contribution in [2.24, 2.45) is 0 Å². The lowest BCUT2D eigenvalue weighted by atomic mass is 10.0. The number of hydrogen-bond donors (Lipinski definition) is 1. The minimum atomic E-state index is -0.804. The van der Waals surface area contributed by atoms with Crippen LogP contribution in [-0.4, -0.2) is 24.5 Å². The molecule has 0 bridgehead atoms. The molecule has 37 heavy (non-hydrogen) atoms. The molecule has 0 radical (unpaired) electrons. The molecule has 7 nitrogen and oxygen atoms in total. The fourth-order valence-corrected chi connectivity index (χ4v) is 4.49. The van der Waals surface area contributed by atoms with Crippen LogP contribution in [-0.2, 0) is 16.2 Å². The number of nitrogens with one attached hydrogen (secondary N) is 1. The number of urea groups is 1. The van der Waals surface area contributed by atoms with Crippen molar-refractivity contribution in [3.05, 3.63) is 91.9 Å². The lowest BCUT2D eigenvalue weighted by molar-refractivity contribution is -0.122. The molecule has 1 N–H and O–H groups in total. The molecule has 190 valence electrons. The number of aryl methyl sites for hydroxylation is 2. The first-order chi connectivity index (χ1) is 17.7. The highest BCUT2D eigenvalue weighted by atomic mass is 79.9. The van der Waals surface area contributed by atoms with Gasteiger partial charge in [0, 0.05) is 4.47 Å². The smallest absolute Gasteiger partial charge is 0.335 e. The van der Waals surface area contributed by atoms with E-state index in [0.717, 1.165) is 26.1 Å². The van der Waals surface area contributed by atoms with Crippen LogP contribution in [0.2, 0.25) is 5.02 Å². The molecule has 4 rings (SSSR count).